The van der Waals surface area contributed by atoms with Crippen molar-refractivity contribution >= 4 is 28.9 Å². The second-order valence-electron chi connectivity index (χ2n) is 6.12. The van der Waals surface area contributed by atoms with Crippen molar-refractivity contribution in [3.8, 4) is 5.75 Å². The predicted molar refractivity (Wildman–Crippen MR) is 101 cm³/mol. The molecule has 0 aromatic heterocycles. The fourth-order valence-corrected chi connectivity index (χ4v) is 2.88. The van der Waals surface area contributed by atoms with Crippen LogP contribution in [0.1, 0.15) is 13.3 Å². The third-order valence-electron chi connectivity index (χ3n) is 3.94. The first-order chi connectivity index (χ1) is 12.8. The van der Waals surface area contributed by atoms with E-state index in [0.29, 0.717) is 50.1 Å². The Morgan fingerprint density at radius 1 is 1.19 bits per heavy atom. The van der Waals surface area contributed by atoms with Crippen molar-refractivity contribution in [2.45, 2.75) is 19.7 Å². The topological polar surface area (TPSA) is 56.8 Å². The number of alkyl halides is 3. The normalized spacial score (nSPS) is 15.3. The van der Waals surface area contributed by atoms with Gasteiger partial charge in [0, 0.05) is 38.4 Å². The summed E-state index contributed by atoms with van der Waals surface area (Å²) in [4.78, 5) is 15.8. The second-order valence-corrected chi connectivity index (χ2v) is 6.50. The first-order valence-corrected chi connectivity index (χ1v) is 9.08. The third-order valence-corrected chi connectivity index (χ3v) is 4.30. The largest absolute Gasteiger partial charge is 0.573 e. The molecule has 0 unspecified atom stereocenters. The summed E-state index contributed by atoms with van der Waals surface area (Å²) in [5.74, 6) is -0.263. The van der Waals surface area contributed by atoms with Crippen LogP contribution in [-0.4, -0.2) is 66.5 Å². The molecule has 1 saturated heterocycles. The summed E-state index contributed by atoms with van der Waals surface area (Å²) < 4.78 is 40.4. The van der Waals surface area contributed by atoms with Crippen molar-refractivity contribution in [2.75, 3.05) is 44.6 Å². The summed E-state index contributed by atoms with van der Waals surface area (Å²) in [6, 6.07) is 5.40. The van der Waals surface area contributed by atoms with Crippen molar-refractivity contribution < 1.29 is 22.7 Å². The Morgan fingerprint density at radius 2 is 1.81 bits per heavy atom. The number of hydrogen-bond donors (Lipinski definition) is 2. The number of anilines is 1. The van der Waals surface area contributed by atoms with Crippen molar-refractivity contribution in [3.05, 3.63) is 24.3 Å². The molecule has 2 rings (SSSR count). The van der Waals surface area contributed by atoms with Gasteiger partial charge in [-0.3, -0.25) is 9.69 Å². The lowest BCUT2D eigenvalue weighted by atomic mass is 10.3. The van der Waals surface area contributed by atoms with Crippen LogP contribution < -0.4 is 15.4 Å². The lowest BCUT2D eigenvalue weighted by Crippen LogP contribution is -2.52. The van der Waals surface area contributed by atoms with Gasteiger partial charge in [-0.1, -0.05) is 6.92 Å². The highest BCUT2D eigenvalue weighted by atomic mass is 32.1. The van der Waals surface area contributed by atoms with Gasteiger partial charge >= 0.3 is 6.36 Å². The summed E-state index contributed by atoms with van der Waals surface area (Å²) in [6.07, 6.45) is -3.81. The number of hydrogen-bond acceptors (Lipinski definition) is 4. The molecule has 1 fully saturated rings. The molecule has 1 amide bonds. The number of nitrogens with zero attached hydrogens (tertiary/aromatic N) is 2. The highest BCUT2D eigenvalue weighted by molar-refractivity contribution is 7.80. The molecule has 0 saturated carbocycles. The Balaban J connectivity index is 1.76. The molecule has 0 radical (unpaired) electrons. The lowest BCUT2D eigenvalue weighted by molar-refractivity contribution is -0.274. The van der Waals surface area contributed by atoms with Gasteiger partial charge in [-0.25, -0.2) is 0 Å². The minimum atomic E-state index is -4.71. The fraction of sp³-hybridized carbons (Fsp3) is 0.529. The minimum absolute atomic E-state index is 0.0205. The monoisotopic (exact) mass is 404 g/mol. The summed E-state index contributed by atoms with van der Waals surface area (Å²) in [5.41, 5.74) is 0.580. The number of benzene rings is 1. The number of ether oxygens (including phenoxy) is 1. The molecule has 0 spiro atoms. The molecule has 1 heterocycles. The van der Waals surface area contributed by atoms with Crippen LogP contribution in [0, 0.1) is 0 Å². The zero-order chi connectivity index (χ0) is 19.9. The molecular formula is C17H23F3N4O2S. The summed E-state index contributed by atoms with van der Waals surface area (Å²) in [7, 11) is 0. The van der Waals surface area contributed by atoms with E-state index in [2.05, 4.69) is 20.3 Å². The van der Waals surface area contributed by atoms with E-state index < -0.39 is 6.36 Å². The zero-order valence-corrected chi connectivity index (χ0v) is 15.8. The second kappa shape index (κ2) is 9.75. The van der Waals surface area contributed by atoms with Crippen LogP contribution >= 0.6 is 12.2 Å². The van der Waals surface area contributed by atoms with Crippen LogP contribution in [0.15, 0.2) is 24.3 Å². The molecule has 0 atom stereocenters. The molecule has 6 nitrogen and oxygen atoms in total. The molecule has 150 valence electrons. The number of amides is 1. The van der Waals surface area contributed by atoms with Crippen LogP contribution in [0.4, 0.5) is 18.9 Å². The van der Waals surface area contributed by atoms with Gasteiger partial charge in [0.15, 0.2) is 5.11 Å². The zero-order valence-electron chi connectivity index (χ0n) is 15.0. The number of halogens is 3. The van der Waals surface area contributed by atoms with Gasteiger partial charge in [-0.05, 0) is 42.9 Å². The maximum Gasteiger partial charge on any atom is 0.573 e. The van der Waals surface area contributed by atoms with Gasteiger partial charge < -0.3 is 20.3 Å². The molecule has 1 aromatic carbocycles. The van der Waals surface area contributed by atoms with Crippen LogP contribution in [0.5, 0.6) is 5.75 Å². The Bertz CT molecular complexity index is 632. The van der Waals surface area contributed by atoms with E-state index in [-0.39, 0.29) is 11.7 Å². The average Bonchev–Trinajstić information content (AvgIpc) is 2.61. The first kappa shape index (κ1) is 21.2. The fourth-order valence-electron chi connectivity index (χ4n) is 2.57. The lowest BCUT2D eigenvalue weighted by Gasteiger charge is -2.35. The molecule has 0 bridgehead atoms. The molecule has 2 N–H and O–H groups in total. The number of carbonyl (C=O) groups excluding carboxylic acids is 1. The Morgan fingerprint density at radius 3 is 2.37 bits per heavy atom. The van der Waals surface area contributed by atoms with E-state index in [1.54, 1.807) is 0 Å². The third kappa shape index (κ3) is 7.59. The maximum absolute atomic E-state index is 12.2. The van der Waals surface area contributed by atoms with E-state index in [1.807, 2.05) is 11.8 Å². The summed E-state index contributed by atoms with van der Waals surface area (Å²) >= 11 is 5.37. The molecule has 1 aliphatic heterocycles. The predicted octanol–water partition coefficient (Wildman–Crippen LogP) is 2.43. The minimum Gasteiger partial charge on any atom is -0.406 e. The number of carbonyl (C=O) groups is 1. The van der Waals surface area contributed by atoms with Gasteiger partial charge in [-0.2, -0.15) is 0 Å². The summed E-state index contributed by atoms with van der Waals surface area (Å²) in [5, 5.41) is 6.35. The highest BCUT2D eigenvalue weighted by Gasteiger charge is 2.31. The highest BCUT2D eigenvalue weighted by Crippen LogP contribution is 2.24. The van der Waals surface area contributed by atoms with Gasteiger partial charge in [0.25, 0.3) is 0 Å². The number of nitrogens with one attached hydrogen (secondary N) is 2. The maximum atomic E-state index is 12.2. The van der Waals surface area contributed by atoms with Gasteiger partial charge in [0.1, 0.15) is 5.75 Å². The van der Waals surface area contributed by atoms with Gasteiger partial charge in [0.2, 0.25) is 5.91 Å². The van der Waals surface area contributed by atoms with Crippen molar-refractivity contribution in [3.63, 3.8) is 0 Å². The molecule has 10 heteroatoms. The number of rotatable bonds is 6. The molecule has 1 aromatic rings. The van der Waals surface area contributed by atoms with E-state index in [9.17, 15) is 18.0 Å². The van der Waals surface area contributed by atoms with Crippen LogP contribution in [0.3, 0.4) is 0 Å². The molecule has 1 aliphatic rings. The molecule has 0 aliphatic carbocycles. The van der Waals surface area contributed by atoms with E-state index in [0.717, 1.165) is 6.42 Å². The average molecular weight is 404 g/mol. The Kier molecular flexibility index (Phi) is 7.66. The quantitative estimate of drug-likeness (QED) is 0.711. The van der Waals surface area contributed by atoms with E-state index in [4.69, 9.17) is 12.2 Å². The summed E-state index contributed by atoms with van der Waals surface area (Å²) in [6.45, 7) is 5.81. The molecular weight excluding hydrogens is 381 g/mol. The van der Waals surface area contributed by atoms with E-state index >= 15 is 0 Å². The van der Waals surface area contributed by atoms with Crippen LogP contribution in [-0.2, 0) is 4.79 Å². The van der Waals surface area contributed by atoms with Gasteiger partial charge in [0.05, 0.1) is 6.54 Å². The Hall–Kier alpha value is -2.07. The number of piperazine rings is 1. The van der Waals surface area contributed by atoms with Crippen molar-refractivity contribution in [1.29, 1.82) is 0 Å². The van der Waals surface area contributed by atoms with Crippen LogP contribution in [0.2, 0.25) is 0 Å². The van der Waals surface area contributed by atoms with E-state index in [1.165, 1.54) is 24.3 Å². The Labute approximate surface area is 161 Å². The first-order valence-electron chi connectivity index (χ1n) is 8.67. The van der Waals surface area contributed by atoms with Gasteiger partial charge in [-0.15, -0.1) is 13.2 Å². The number of thiocarbonyl (C=S) groups is 1. The smallest absolute Gasteiger partial charge is 0.406 e. The molecule has 27 heavy (non-hydrogen) atoms. The SMILES string of the molecule is CCCNC(=O)CN1CCN(C(=S)Nc2ccc(OC(F)(F)F)cc2)CC1. The standard InChI is InChI=1S/C17H23F3N4O2S/c1-2-7-21-15(25)12-23-8-10-24(11-9-23)16(27)22-13-3-5-14(6-4-13)26-17(18,19)20/h3-6H,2,7-12H2,1H3,(H,21,25)(H,22,27). The van der Waals surface area contributed by atoms with Crippen LogP contribution in [0.25, 0.3) is 0 Å². The van der Waals surface area contributed by atoms with Crippen molar-refractivity contribution in [2.24, 2.45) is 0 Å². The van der Waals surface area contributed by atoms with Crippen molar-refractivity contribution in [1.82, 2.24) is 15.1 Å².